The lowest BCUT2D eigenvalue weighted by molar-refractivity contribution is 0.0951. The molecule has 2 N–H and O–H groups in total. The van der Waals surface area contributed by atoms with Crippen LogP contribution in [0.1, 0.15) is 29.6 Å². The second-order valence-corrected chi connectivity index (χ2v) is 7.29. The van der Waals surface area contributed by atoms with Crippen LogP contribution in [0.15, 0.2) is 66.9 Å². The first-order valence-corrected chi connectivity index (χ1v) is 10.0. The quantitative estimate of drug-likeness (QED) is 0.692. The Kier molecular flexibility index (Phi) is 5.83. The highest BCUT2D eigenvalue weighted by molar-refractivity contribution is 5.99. The van der Waals surface area contributed by atoms with Crippen molar-refractivity contribution in [2.45, 2.75) is 19.3 Å². The molecule has 0 spiro atoms. The van der Waals surface area contributed by atoms with E-state index >= 15 is 0 Å². The van der Waals surface area contributed by atoms with Crippen LogP contribution >= 0.6 is 0 Å². The molecule has 0 saturated carbocycles. The fraction of sp³-hybridized carbons (Fsp3) is 0.304. The van der Waals surface area contributed by atoms with E-state index in [2.05, 4.69) is 10.6 Å². The minimum absolute atomic E-state index is 0.0650. The minimum Gasteiger partial charge on any atom is -0.352 e. The van der Waals surface area contributed by atoms with E-state index in [1.807, 2.05) is 66.9 Å². The molecule has 3 aromatic rings. The van der Waals surface area contributed by atoms with Crippen LogP contribution in [0.4, 0.5) is 0 Å². The molecule has 0 radical (unpaired) electrons. The highest BCUT2D eigenvalue weighted by Gasteiger charge is 2.19. The first kappa shape index (κ1) is 18.4. The van der Waals surface area contributed by atoms with Crippen molar-refractivity contribution in [3.63, 3.8) is 0 Å². The number of hydrogen-bond donors (Lipinski definition) is 2. The third-order valence-corrected chi connectivity index (χ3v) is 5.26. The Bertz CT molecular complexity index is 899. The molecule has 2 heterocycles. The zero-order chi connectivity index (χ0) is 19.2. The molecule has 1 amide bonds. The minimum atomic E-state index is -0.0650. The average molecular weight is 374 g/mol. The Morgan fingerprint density at radius 3 is 2.57 bits per heavy atom. The summed E-state index contributed by atoms with van der Waals surface area (Å²) in [6.45, 7) is 2.86. The molecule has 5 nitrogen and oxygen atoms in total. The van der Waals surface area contributed by atoms with Crippen LogP contribution in [0.2, 0.25) is 0 Å². The van der Waals surface area contributed by atoms with Gasteiger partial charge in [0.1, 0.15) is 5.69 Å². The molecule has 1 fully saturated rings. The van der Waals surface area contributed by atoms with Crippen molar-refractivity contribution < 1.29 is 4.79 Å². The Morgan fingerprint density at radius 1 is 1.11 bits per heavy atom. The van der Waals surface area contributed by atoms with Crippen LogP contribution in [0, 0.1) is 5.92 Å². The van der Waals surface area contributed by atoms with Gasteiger partial charge in [-0.2, -0.15) is 5.10 Å². The van der Waals surface area contributed by atoms with Gasteiger partial charge in [-0.25, -0.2) is 4.68 Å². The second kappa shape index (κ2) is 8.85. The van der Waals surface area contributed by atoms with Crippen molar-refractivity contribution in [1.29, 1.82) is 0 Å². The monoisotopic (exact) mass is 374 g/mol. The zero-order valence-electron chi connectivity index (χ0n) is 16.0. The summed E-state index contributed by atoms with van der Waals surface area (Å²) in [7, 11) is 0. The van der Waals surface area contributed by atoms with Crippen molar-refractivity contribution in [2.24, 2.45) is 5.92 Å². The molecular weight excluding hydrogens is 348 g/mol. The van der Waals surface area contributed by atoms with Gasteiger partial charge in [0.25, 0.3) is 5.91 Å². The van der Waals surface area contributed by atoms with Crippen molar-refractivity contribution in [3.8, 4) is 16.9 Å². The second-order valence-electron chi connectivity index (χ2n) is 7.29. The lowest BCUT2D eigenvalue weighted by Gasteiger charge is -2.22. The normalized spacial score (nSPS) is 16.6. The topological polar surface area (TPSA) is 59.0 Å². The molecule has 0 aliphatic carbocycles. The molecular formula is C23H26N4O. The van der Waals surface area contributed by atoms with E-state index in [-0.39, 0.29) is 5.91 Å². The van der Waals surface area contributed by atoms with Gasteiger partial charge >= 0.3 is 0 Å². The maximum absolute atomic E-state index is 12.9. The van der Waals surface area contributed by atoms with E-state index in [1.54, 1.807) is 4.68 Å². The number of aromatic nitrogens is 2. The number of nitrogens with zero attached hydrogens (tertiary/aromatic N) is 2. The summed E-state index contributed by atoms with van der Waals surface area (Å²) < 4.78 is 1.78. The smallest absolute Gasteiger partial charge is 0.255 e. The van der Waals surface area contributed by atoms with Crippen molar-refractivity contribution in [2.75, 3.05) is 19.6 Å². The number of para-hydroxylation sites is 1. The highest BCUT2D eigenvalue weighted by Crippen LogP contribution is 2.23. The molecule has 1 atom stereocenters. The Hall–Kier alpha value is -2.92. The van der Waals surface area contributed by atoms with Gasteiger partial charge in [0.15, 0.2) is 0 Å². The van der Waals surface area contributed by atoms with Crippen molar-refractivity contribution in [3.05, 3.63) is 72.4 Å². The maximum Gasteiger partial charge on any atom is 0.255 e. The number of carbonyl (C=O) groups excluding carboxylic acids is 1. The third-order valence-electron chi connectivity index (χ3n) is 5.26. The number of nitrogens with one attached hydrogen (secondary N) is 2. The molecule has 2 aromatic carbocycles. The number of rotatable bonds is 6. The van der Waals surface area contributed by atoms with Crippen LogP contribution < -0.4 is 10.6 Å². The van der Waals surface area contributed by atoms with Gasteiger partial charge in [0, 0.05) is 18.3 Å². The standard InChI is InChI=1S/C23H26N4O/c28-23(25-15-13-18-8-7-14-24-16-18)21-17-27(20-11-5-2-6-12-20)26-22(21)19-9-3-1-4-10-19/h1-6,9-12,17-18,24H,7-8,13-16H2,(H,25,28). The largest absolute Gasteiger partial charge is 0.352 e. The average Bonchev–Trinajstić information content (AvgIpc) is 3.21. The summed E-state index contributed by atoms with van der Waals surface area (Å²) in [5.41, 5.74) is 3.20. The Labute approximate surface area is 165 Å². The van der Waals surface area contributed by atoms with Gasteiger partial charge in [-0.3, -0.25) is 4.79 Å². The fourth-order valence-corrected chi connectivity index (χ4v) is 3.72. The van der Waals surface area contributed by atoms with E-state index in [9.17, 15) is 4.79 Å². The molecule has 1 aliphatic rings. The summed E-state index contributed by atoms with van der Waals surface area (Å²) in [6, 6.07) is 19.8. The van der Waals surface area contributed by atoms with Crippen LogP contribution in [0.3, 0.4) is 0 Å². The number of hydrogen-bond acceptors (Lipinski definition) is 3. The van der Waals surface area contributed by atoms with Crippen LogP contribution in [-0.4, -0.2) is 35.3 Å². The van der Waals surface area contributed by atoms with Gasteiger partial charge in [0.05, 0.1) is 11.3 Å². The maximum atomic E-state index is 12.9. The fourth-order valence-electron chi connectivity index (χ4n) is 3.72. The highest BCUT2D eigenvalue weighted by atomic mass is 16.1. The van der Waals surface area contributed by atoms with Gasteiger partial charge in [-0.15, -0.1) is 0 Å². The van der Waals surface area contributed by atoms with E-state index in [4.69, 9.17) is 5.10 Å². The van der Waals surface area contributed by atoms with E-state index in [0.29, 0.717) is 23.7 Å². The molecule has 0 bridgehead atoms. The van der Waals surface area contributed by atoms with Gasteiger partial charge < -0.3 is 10.6 Å². The van der Waals surface area contributed by atoms with Gasteiger partial charge in [0.2, 0.25) is 0 Å². The first-order valence-electron chi connectivity index (χ1n) is 10.0. The molecule has 4 rings (SSSR count). The zero-order valence-corrected chi connectivity index (χ0v) is 16.0. The Morgan fingerprint density at radius 2 is 1.86 bits per heavy atom. The molecule has 1 saturated heterocycles. The summed E-state index contributed by atoms with van der Waals surface area (Å²) in [5.74, 6) is 0.583. The summed E-state index contributed by atoms with van der Waals surface area (Å²) >= 11 is 0. The van der Waals surface area contributed by atoms with Crippen LogP contribution in [-0.2, 0) is 0 Å². The Balaban J connectivity index is 1.54. The van der Waals surface area contributed by atoms with Crippen molar-refractivity contribution >= 4 is 5.91 Å². The molecule has 1 aromatic heterocycles. The lowest BCUT2D eigenvalue weighted by Crippen LogP contribution is -2.33. The summed E-state index contributed by atoms with van der Waals surface area (Å²) in [4.78, 5) is 12.9. The van der Waals surface area contributed by atoms with Crippen LogP contribution in [0.5, 0.6) is 0 Å². The first-order chi connectivity index (χ1) is 13.8. The molecule has 28 heavy (non-hydrogen) atoms. The predicted molar refractivity (Wildman–Crippen MR) is 112 cm³/mol. The van der Waals surface area contributed by atoms with Gasteiger partial charge in [-0.05, 0) is 50.4 Å². The number of amides is 1. The SMILES string of the molecule is O=C(NCCC1CCCNC1)c1cn(-c2ccccc2)nc1-c1ccccc1. The van der Waals surface area contributed by atoms with Gasteiger partial charge in [-0.1, -0.05) is 48.5 Å². The van der Waals surface area contributed by atoms with E-state index < -0.39 is 0 Å². The predicted octanol–water partition coefficient (Wildman–Crippen LogP) is 3.66. The number of piperidine rings is 1. The van der Waals surface area contributed by atoms with Crippen molar-refractivity contribution in [1.82, 2.24) is 20.4 Å². The molecule has 144 valence electrons. The summed E-state index contributed by atoms with van der Waals surface area (Å²) in [5, 5.41) is 11.2. The molecule has 1 aliphatic heterocycles. The number of carbonyl (C=O) groups is 1. The molecule has 1 unspecified atom stereocenters. The lowest BCUT2D eigenvalue weighted by atomic mass is 9.96. The number of benzene rings is 2. The molecule has 5 heteroatoms. The van der Waals surface area contributed by atoms with E-state index in [0.717, 1.165) is 30.8 Å². The summed E-state index contributed by atoms with van der Waals surface area (Å²) in [6.07, 6.45) is 5.30. The van der Waals surface area contributed by atoms with Crippen LogP contribution in [0.25, 0.3) is 16.9 Å². The van der Waals surface area contributed by atoms with E-state index in [1.165, 1.54) is 12.8 Å². The third kappa shape index (κ3) is 4.31.